The highest BCUT2D eigenvalue weighted by molar-refractivity contribution is 5.79. The lowest BCUT2D eigenvalue weighted by Crippen LogP contribution is -2.41. The van der Waals surface area contributed by atoms with Crippen molar-refractivity contribution in [2.75, 3.05) is 52.5 Å². The molecule has 2 heterocycles. The highest BCUT2D eigenvalue weighted by atomic mass is 16.5. The van der Waals surface area contributed by atoms with Crippen molar-refractivity contribution >= 4 is 5.96 Å². The van der Waals surface area contributed by atoms with Gasteiger partial charge in [0.25, 0.3) is 0 Å². The molecule has 0 spiro atoms. The molecule has 0 atom stereocenters. The van der Waals surface area contributed by atoms with E-state index < -0.39 is 0 Å². The molecule has 1 fully saturated rings. The molecule has 1 aromatic rings. The van der Waals surface area contributed by atoms with Crippen molar-refractivity contribution in [3.8, 4) is 0 Å². The van der Waals surface area contributed by atoms with Crippen LogP contribution in [0.1, 0.15) is 19.1 Å². The zero-order chi connectivity index (χ0) is 17.0. The number of ether oxygens (including phenoxy) is 1. The number of nitrogens with one attached hydrogen (secondary N) is 2. The van der Waals surface area contributed by atoms with Crippen LogP contribution >= 0.6 is 0 Å². The van der Waals surface area contributed by atoms with Crippen LogP contribution in [-0.2, 0) is 11.2 Å². The minimum absolute atomic E-state index is 0.638. The van der Waals surface area contributed by atoms with Gasteiger partial charge in [-0.05, 0) is 32.0 Å². The summed E-state index contributed by atoms with van der Waals surface area (Å²) in [5.74, 6) is 1.82. The van der Waals surface area contributed by atoms with Crippen molar-refractivity contribution in [3.05, 3.63) is 36.3 Å². The topological polar surface area (TPSA) is 62.0 Å². The van der Waals surface area contributed by atoms with Gasteiger partial charge in [0.2, 0.25) is 0 Å². The van der Waals surface area contributed by atoms with Crippen molar-refractivity contribution in [2.45, 2.75) is 19.8 Å². The lowest BCUT2D eigenvalue weighted by atomic mass is 10.3. The fourth-order valence-electron chi connectivity index (χ4n) is 2.48. The van der Waals surface area contributed by atoms with Gasteiger partial charge in [0.05, 0.1) is 26.0 Å². The first-order chi connectivity index (χ1) is 11.7. The van der Waals surface area contributed by atoms with Crippen LogP contribution in [0.15, 0.2) is 40.0 Å². The summed E-state index contributed by atoms with van der Waals surface area (Å²) in [7, 11) is 0. The molecule has 1 aliphatic rings. The fourth-order valence-corrected chi connectivity index (χ4v) is 2.48. The number of hydrogen-bond acceptors (Lipinski definition) is 4. The number of aliphatic imine (C=N–C) groups is 1. The second kappa shape index (κ2) is 10.9. The molecule has 6 nitrogen and oxygen atoms in total. The first-order valence-electron chi connectivity index (χ1n) is 8.73. The molecule has 2 N–H and O–H groups in total. The summed E-state index contributed by atoms with van der Waals surface area (Å²) in [6.45, 7) is 13.1. The highest BCUT2D eigenvalue weighted by Gasteiger charge is 2.09. The van der Waals surface area contributed by atoms with Gasteiger partial charge in [-0.15, -0.1) is 0 Å². The van der Waals surface area contributed by atoms with Crippen LogP contribution in [-0.4, -0.2) is 63.3 Å². The number of rotatable bonds is 9. The van der Waals surface area contributed by atoms with E-state index >= 15 is 0 Å². The van der Waals surface area contributed by atoms with Gasteiger partial charge in [0.1, 0.15) is 5.76 Å². The zero-order valence-electron chi connectivity index (χ0n) is 14.7. The Morgan fingerprint density at radius 2 is 2.08 bits per heavy atom. The second-order valence-electron chi connectivity index (χ2n) is 6.11. The normalized spacial score (nSPS) is 16.1. The van der Waals surface area contributed by atoms with Gasteiger partial charge in [-0.3, -0.25) is 4.90 Å². The maximum Gasteiger partial charge on any atom is 0.191 e. The number of hydrogen-bond donors (Lipinski definition) is 2. The number of nitrogens with zero attached hydrogens (tertiary/aromatic N) is 2. The number of guanidine groups is 1. The van der Waals surface area contributed by atoms with Gasteiger partial charge in [0, 0.05) is 32.6 Å². The van der Waals surface area contributed by atoms with Crippen molar-refractivity contribution < 1.29 is 9.15 Å². The lowest BCUT2D eigenvalue weighted by Gasteiger charge is -2.26. The summed E-state index contributed by atoms with van der Waals surface area (Å²) in [5, 5.41) is 6.76. The lowest BCUT2D eigenvalue weighted by molar-refractivity contribution is 0.0376. The van der Waals surface area contributed by atoms with Gasteiger partial charge in [-0.2, -0.15) is 0 Å². The van der Waals surface area contributed by atoms with Crippen LogP contribution in [0.5, 0.6) is 0 Å². The molecule has 6 heteroatoms. The van der Waals surface area contributed by atoms with Crippen molar-refractivity contribution in [1.29, 1.82) is 0 Å². The Morgan fingerprint density at radius 3 is 2.79 bits per heavy atom. The molecule has 0 saturated carbocycles. The molecular formula is C18H30N4O2. The molecule has 0 unspecified atom stereocenters. The molecule has 1 aromatic heterocycles. The SMILES string of the molecule is C=C(C)CN=C(NCCCN1CCOCC1)NCCc1ccco1. The van der Waals surface area contributed by atoms with Crippen LogP contribution in [0.2, 0.25) is 0 Å². The predicted octanol–water partition coefficient (Wildman–Crippen LogP) is 1.66. The molecule has 1 saturated heterocycles. The van der Waals surface area contributed by atoms with Crippen molar-refractivity contribution in [1.82, 2.24) is 15.5 Å². The first kappa shape index (κ1) is 18.5. The predicted molar refractivity (Wildman–Crippen MR) is 97.4 cm³/mol. The minimum atomic E-state index is 0.638. The van der Waals surface area contributed by atoms with Crippen LogP contribution in [0.4, 0.5) is 0 Å². The van der Waals surface area contributed by atoms with E-state index in [0.29, 0.717) is 6.54 Å². The Hall–Kier alpha value is -1.79. The van der Waals surface area contributed by atoms with Crippen molar-refractivity contribution in [3.63, 3.8) is 0 Å². The van der Waals surface area contributed by atoms with E-state index in [4.69, 9.17) is 9.15 Å². The quantitative estimate of drug-likeness (QED) is 0.311. The third-order valence-corrected chi connectivity index (χ3v) is 3.80. The van der Waals surface area contributed by atoms with E-state index in [9.17, 15) is 0 Å². The summed E-state index contributed by atoms with van der Waals surface area (Å²) >= 11 is 0. The van der Waals surface area contributed by atoms with E-state index in [1.54, 1.807) is 6.26 Å². The van der Waals surface area contributed by atoms with Crippen LogP contribution < -0.4 is 10.6 Å². The fraction of sp³-hybridized carbons (Fsp3) is 0.611. The summed E-state index contributed by atoms with van der Waals surface area (Å²) in [6.07, 6.45) is 3.63. The summed E-state index contributed by atoms with van der Waals surface area (Å²) in [5.41, 5.74) is 1.05. The van der Waals surface area contributed by atoms with Crippen LogP contribution in [0, 0.1) is 0 Å². The van der Waals surface area contributed by atoms with Crippen LogP contribution in [0.25, 0.3) is 0 Å². The summed E-state index contributed by atoms with van der Waals surface area (Å²) in [4.78, 5) is 7.00. The Balaban J connectivity index is 1.67. The average molecular weight is 334 g/mol. The third-order valence-electron chi connectivity index (χ3n) is 3.80. The number of morpholine rings is 1. The molecule has 0 amide bonds. The number of furan rings is 1. The Morgan fingerprint density at radius 1 is 1.29 bits per heavy atom. The van der Waals surface area contributed by atoms with E-state index in [0.717, 1.165) is 76.1 Å². The van der Waals surface area contributed by atoms with E-state index in [2.05, 4.69) is 27.1 Å². The molecule has 0 aliphatic carbocycles. The largest absolute Gasteiger partial charge is 0.469 e. The summed E-state index contributed by atoms with van der Waals surface area (Å²) in [6, 6.07) is 3.90. The second-order valence-corrected chi connectivity index (χ2v) is 6.11. The molecule has 0 bridgehead atoms. The maximum absolute atomic E-state index is 5.37. The first-order valence-corrected chi connectivity index (χ1v) is 8.73. The van der Waals surface area contributed by atoms with Gasteiger partial charge in [-0.25, -0.2) is 4.99 Å². The molecule has 2 rings (SSSR count). The minimum Gasteiger partial charge on any atom is -0.469 e. The van der Waals surface area contributed by atoms with Gasteiger partial charge >= 0.3 is 0 Å². The molecule has 0 aromatic carbocycles. The Bertz CT molecular complexity index is 493. The monoisotopic (exact) mass is 334 g/mol. The smallest absolute Gasteiger partial charge is 0.191 e. The van der Waals surface area contributed by atoms with Gasteiger partial charge in [-0.1, -0.05) is 12.2 Å². The zero-order valence-corrected chi connectivity index (χ0v) is 14.7. The van der Waals surface area contributed by atoms with Gasteiger partial charge < -0.3 is 19.8 Å². The van der Waals surface area contributed by atoms with E-state index in [-0.39, 0.29) is 0 Å². The Labute approximate surface area is 145 Å². The van der Waals surface area contributed by atoms with E-state index in [1.807, 2.05) is 19.1 Å². The van der Waals surface area contributed by atoms with E-state index in [1.165, 1.54) is 0 Å². The Kier molecular flexibility index (Phi) is 8.41. The summed E-state index contributed by atoms with van der Waals surface area (Å²) < 4.78 is 10.7. The molecule has 24 heavy (non-hydrogen) atoms. The van der Waals surface area contributed by atoms with Crippen molar-refractivity contribution in [2.24, 2.45) is 4.99 Å². The average Bonchev–Trinajstić information content (AvgIpc) is 3.10. The van der Waals surface area contributed by atoms with Crippen LogP contribution in [0.3, 0.4) is 0 Å². The molecule has 134 valence electrons. The standard InChI is InChI=1S/C18H30N4O2/c1-16(2)15-21-18(20-8-6-17-5-3-12-24-17)19-7-4-9-22-10-13-23-14-11-22/h3,5,12H,1,4,6-11,13-15H2,2H3,(H2,19,20,21). The van der Waals surface area contributed by atoms with Gasteiger partial charge in [0.15, 0.2) is 5.96 Å². The molecular weight excluding hydrogens is 304 g/mol. The molecule has 1 aliphatic heterocycles. The highest BCUT2D eigenvalue weighted by Crippen LogP contribution is 2.00. The third kappa shape index (κ3) is 7.66. The molecule has 0 radical (unpaired) electrons. The maximum atomic E-state index is 5.37.